The van der Waals surface area contributed by atoms with Crippen molar-refractivity contribution in [1.29, 1.82) is 0 Å². The van der Waals surface area contributed by atoms with Gasteiger partial charge in [-0.2, -0.15) is 0 Å². The first kappa shape index (κ1) is 13.3. The Balaban J connectivity index is 1.93. The van der Waals surface area contributed by atoms with Gasteiger partial charge in [-0.05, 0) is 38.1 Å². The number of hydrogen-bond donors (Lipinski definition) is 2. The van der Waals surface area contributed by atoms with Crippen LogP contribution < -0.4 is 10.1 Å². The molecule has 3 rings (SSSR count). The van der Waals surface area contributed by atoms with Crippen LogP contribution in [0.1, 0.15) is 24.5 Å². The number of hydrogen-bond acceptors (Lipinski definition) is 5. The molecule has 0 amide bonds. The summed E-state index contributed by atoms with van der Waals surface area (Å²) in [6, 6.07) is 5.86. The van der Waals surface area contributed by atoms with Crippen LogP contribution in [0.5, 0.6) is 5.75 Å². The molecular weight excluding hydrogens is 254 g/mol. The molecule has 5 heteroatoms. The van der Waals surface area contributed by atoms with Crippen molar-refractivity contribution in [3.05, 3.63) is 30.2 Å². The van der Waals surface area contributed by atoms with Crippen molar-refractivity contribution in [1.82, 2.24) is 15.3 Å². The van der Waals surface area contributed by atoms with Gasteiger partial charge in [-0.3, -0.25) is 0 Å². The number of aliphatic hydroxyl groups is 1. The normalized spacial score (nSPS) is 16.4. The Hall–Kier alpha value is -1.72. The standard InChI is InChI=1S/C15H19N3O2/c19-7-8-20-12-1-2-13-14(9-12)17-10-18-15(13)11-3-5-16-6-4-11/h1-2,9-11,16,19H,3-8H2. The topological polar surface area (TPSA) is 67.3 Å². The molecule has 5 nitrogen and oxygen atoms in total. The number of ether oxygens (including phenoxy) is 1. The van der Waals surface area contributed by atoms with E-state index in [2.05, 4.69) is 15.3 Å². The smallest absolute Gasteiger partial charge is 0.121 e. The van der Waals surface area contributed by atoms with Crippen LogP contribution >= 0.6 is 0 Å². The lowest BCUT2D eigenvalue weighted by molar-refractivity contribution is 0.201. The van der Waals surface area contributed by atoms with E-state index in [9.17, 15) is 0 Å². The van der Waals surface area contributed by atoms with Crippen molar-refractivity contribution in [2.24, 2.45) is 0 Å². The zero-order valence-electron chi connectivity index (χ0n) is 11.4. The van der Waals surface area contributed by atoms with Gasteiger partial charge in [0.1, 0.15) is 18.7 Å². The fourth-order valence-electron chi connectivity index (χ4n) is 2.73. The molecule has 1 saturated heterocycles. The molecule has 106 valence electrons. The van der Waals surface area contributed by atoms with Gasteiger partial charge in [0.2, 0.25) is 0 Å². The molecule has 0 unspecified atom stereocenters. The summed E-state index contributed by atoms with van der Waals surface area (Å²) in [5, 5.41) is 13.3. The van der Waals surface area contributed by atoms with Crippen LogP contribution in [0.15, 0.2) is 24.5 Å². The summed E-state index contributed by atoms with van der Waals surface area (Å²) in [7, 11) is 0. The average molecular weight is 273 g/mol. The summed E-state index contributed by atoms with van der Waals surface area (Å²) in [6.07, 6.45) is 3.87. The van der Waals surface area contributed by atoms with Crippen molar-refractivity contribution >= 4 is 10.9 Å². The fraction of sp³-hybridized carbons (Fsp3) is 0.467. The Bertz CT molecular complexity index is 582. The Morgan fingerprint density at radius 3 is 2.90 bits per heavy atom. The molecule has 2 N–H and O–H groups in total. The summed E-state index contributed by atoms with van der Waals surface area (Å²) in [5.41, 5.74) is 2.05. The highest BCUT2D eigenvalue weighted by Crippen LogP contribution is 2.30. The van der Waals surface area contributed by atoms with E-state index in [-0.39, 0.29) is 6.61 Å². The first-order valence-electron chi connectivity index (χ1n) is 7.07. The van der Waals surface area contributed by atoms with Crippen molar-refractivity contribution in [2.45, 2.75) is 18.8 Å². The van der Waals surface area contributed by atoms with Gasteiger partial charge in [0.25, 0.3) is 0 Å². The van der Waals surface area contributed by atoms with Crippen LogP contribution in [0, 0.1) is 0 Å². The Kier molecular flexibility index (Phi) is 4.08. The van der Waals surface area contributed by atoms with E-state index in [0.717, 1.165) is 48.3 Å². The second-order valence-corrected chi connectivity index (χ2v) is 5.03. The SMILES string of the molecule is OCCOc1ccc2c(C3CCNCC3)ncnc2c1. The first-order valence-corrected chi connectivity index (χ1v) is 7.07. The van der Waals surface area contributed by atoms with Crippen molar-refractivity contribution < 1.29 is 9.84 Å². The average Bonchev–Trinajstić information content (AvgIpc) is 2.53. The van der Waals surface area contributed by atoms with E-state index in [4.69, 9.17) is 9.84 Å². The number of benzene rings is 1. The van der Waals surface area contributed by atoms with Crippen LogP contribution in [0.3, 0.4) is 0 Å². The van der Waals surface area contributed by atoms with E-state index in [1.54, 1.807) is 6.33 Å². The van der Waals surface area contributed by atoms with Crippen molar-refractivity contribution in [3.63, 3.8) is 0 Å². The van der Waals surface area contributed by atoms with E-state index >= 15 is 0 Å². The quantitative estimate of drug-likeness (QED) is 0.883. The number of nitrogens with one attached hydrogen (secondary N) is 1. The maximum atomic E-state index is 8.80. The minimum atomic E-state index is 0.0160. The molecule has 0 atom stereocenters. The lowest BCUT2D eigenvalue weighted by atomic mass is 9.92. The molecular formula is C15H19N3O2. The highest BCUT2D eigenvalue weighted by molar-refractivity contribution is 5.82. The van der Waals surface area contributed by atoms with Crippen LogP contribution in [-0.2, 0) is 0 Å². The molecule has 1 aromatic heterocycles. The molecule has 0 bridgehead atoms. The van der Waals surface area contributed by atoms with E-state index in [1.807, 2.05) is 18.2 Å². The third kappa shape index (κ3) is 2.73. The first-order chi connectivity index (χ1) is 9.88. The van der Waals surface area contributed by atoms with Gasteiger partial charge < -0.3 is 15.2 Å². The number of aromatic nitrogens is 2. The highest BCUT2D eigenvalue weighted by atomic mass is 16.5. The van der Waals surface area contributed by atoms with Crippen LogP contribution in [0.2, 0.25) is 0 Å². The fourth-order valence-corrected chi connectivity index (χ4v) is 2.73. The zero-order chi connectivity index (χ0) is 13.8. The highest BCUT2D eigenvalue weighted by Gasteiger charge is 2.19. The van der Waals surface area contributed by atoms with Gasteiger partial charge in [-0.15, -0.1) is 0 Å². The van der Waals surface area contributed by atoms with E-state index in [0.29, 0.717) is 12.5 Å². The molecule has 1 aliphatic heterocycles. The molecule has 0 aliphatic carbocycles. The molecule has 2 heterocycles. The number of rotatable bonds is 4. The molecule has 20 heavy (non-hydrogen) atoms. The van der Waals surface area contributed by atoms with E-state index < -0.39 is 0 Å². The number of aliphatic hydroxyl groups excluding tert-OH is 1. The maximum Gasteiger partial charge on any atom is 0.121 e. The van der Waals surface area contributed by atoms with Crippen molar-refractivity contribution in [3.8, 4) is 5.75 Å². The Labute approximate surface area is 118 Å². The Morgan fingerprint density at radius 1 is 1.25 bits per heavy atom. The predicted octanol–water partition coefficient (Wildman–Crippen LogP) is 1.47. The summed E-state index contributed by atoms with van der Waals surface area (Å²) in [4.78, 5) is 8.84. The van der Waals surface area contributed by atoms with Crippen LogP contribution in [0.4, 0.5) is 0 Å². The molecule has 1 aromatic carbocycles. The largest absolute Gasteiger partial charge is 0.491 e. The molecule has 0 spiro atoms. The van der Waals surface area contributed by atoms with Gasteiger partial charge in [-0.25, -0.2) is 9.97 Å². The van der Waals surface area contributed by atoms with Gasteiger partial charge >= 0.3 is 0 Å². The van der Waals surface area contributed by atoms with Crippen molar-refractivity contribution in [2.75, 3.05) is 26.3 Å². The molecule has 1 aliphatic rings. The zero-order valence-corrected chi connectivity index (χ0v) is 11.4. The number of piperidine rings is 1. The van der Waals surface area contributed by atoms with Gasteiger partial charge in [-0.1, -0.05) is 0 Å². The number of nitrogens with zero attached hydrogens (tertiary/aromatic N) is 2. The second kappa shape index (κ2) is 6.15. The third-order valence-corrected chi connectivity index (χ3v) is 3.72. The van der Waals surface area contributed by atoms with E-state index in [1.165, 1.54) is 0 Å². The van der Waals surface area contributed by atoms with Gasteiger partial charge in [0.15, 0.2) is 0 Å². The summed E-state index contributed by atoms with van der Waals surface area (Å²) >= 11 is 0. The molecule has 2 aromatic rings. The summed E-state index contributed by atoms with van der Waals surface area (Å²) in [5.74, 6) is 1.24. The lowest BCUT2D eigenvalue weighted by Crippen LogP contribution is -2.27. The summed E-state index contributed by atoms with van der Waals surface area (Å²) < 4.78 is 5.43. The molecule has 1 fully saturated rings. The monoisotopic (exact) mass is 273 g/mol. The Morgan fingerprint density at radius 2 is 2.10 bits per heavy atom. The van der Waals surface area contributed by atoms with Gasteiger partial charge in [0.05, 0.1) is 17.8 Å². The molecule has 0 radical (unpaired) electrons. The lowest BCUT2D eigenvalue weighted by Gasteiger charge is -2.23. The minimum Gasteiger partial charge on any atom is -0.491 e. The van der Waals surface area contributed by atoms with Crippen LogP contribution in [-0.4, -0.2) is 41.4 Å². The maximum absolute atomic E-state index is 8.80. The third-order valence-electron chi connectivity index (χ3n) is 3.72. The van der Waals surface area contributed by atoms with Crippen LogP contribution in [0.25, 0.3) is 10.9 Å². The predicted molar refractivity (Wildman–Crippen MR) is 77.0 cm³/mol. The minimum absolute atomic E-state index is 0.0160. The summed E-state index contributed by atoms with van der Waals surface area (Å²) in [6.45, 7) is 2.42. The molecule has 0 saturated carbocycles. The second-order valence-electron chi connectivity index (χ2n) is 5.03. The van der Waals surface area contributed by atoms with Gasteiger partial charge in [0, 0.05) is 17.4 Å². The number of fused-ring (bicyclic) bond motifs is 1.